The molecule has 0 heterocycles. The third-order valence-electron chi connectivity index (χ3n) is 14.8. The molecule has 69 heavy (non-hydrogen) atoms. The molecule has 0 aliphatic heterocycles. The average molecular weight is 983 g/mol. The van der Waals surface area contributed by atoms with E-state index in [1.54, 1.807) is 0 Å². The number of hydrogen-bond acceptors (Lipinski definition) is 4. The molecule has 2 amide bonds. The first-order valence-corrected chi connectivity index (χ1v) is 31.0. The van der Waals surface area contributed by atoms with Gasteiger partial charge in [-0.2, -0.15) is 0 Å². The molecule has 0 aliphatic rings. The summed E-state index contributed by atoms with van der Waals surface area (Å²) in [5.41, 5.74) is 0. The van der Waals surface area contributed by atoms with Crippen LogP contribution in [-0.2, 0) is 9.59 Å². The second kappa shape index (κ2) is 54.5. The van der Waals surface area contributed by atoms with Crippen molar-refractivity contribution >= 4 is 11.8 Å². The largest absolute Gasteiger partial charge is 0.396 e. The highest BCUT2D eigenvalue weighted by Gasteiger charge is 2.24. The van der Waals surface area contributed by atoms with Crippen LogP contribution in [0.1, 0.15) is 317 Å². The van der Waals surface area contributed by atoms with E-state index in [1.807, 2.05) is 9.80 Å². The van der Waals surface area contributed by atoms with Gasteiger partial charge in [0.2, 0.25) is 0 Å². The lowest BCUT2D eigenvalue weighted by Gasteiger charge is -2.25. The number of unbranched alkanes of at least 4 members (excludes halogenated alkanes) is 36. The maximum absolute atomic E-state index is 15.5. The number of carbonyl (C=O) groups excluding carboxylic acids is 2. The summed E-state index contributed by atoms with van der Waals surface area (Å²) in [7, 11) is 0. The number of alkyl halides is 2. The standard InChI is InChI=1S/C61H121F2N3O3/c1-5-9-13-17-21-25-31-43-53-65(54-44-32-26-22-18-14-10-6-2)60(68)58(62)48-38-29-35-40-50-64(52-42-37-47-57-67)51-41-36-30-39-49-59(63)61(69)66(55-45-33-27-23-19-15-11-7-3)56-46-34-28-24-20-16-12-8-4/h58-59,67H,5-57H2,1-4H3. The molecule has 6 nitrogen and oxygen atoms in total. The van der Waals surface area contributed by atoms with Crippen LogP contribution in [0.2, 0.25) is 0 Å². The number of aliphatic hydroxyl groups is 1. The monoisotopic (exact) mass is 982 g/mol. The molecule has 0 aromatic heterocycles. The number of amides is 2. The molecule has 0 aromatic rings. The molecule has 0 saturated heterocycles. The first kappa shape index (κ1) is 67.7. The van der Waals surface area contributed by atoms with E-state index in [1.165, 1.54) is 154 Å². The SMILES string of the molecule is CCCCCCCCCCN(CCCCCCCCCC)C(=O)C(F)CCCCCCN(CCCCCO)CCCCCCC(F)C(=O)N(CCCCCCCCCC)CCCCCCCCCC. The third-order valence-corrected chi connectivity index (χ3v) is 14.8. The Bertz CT molecular complexity index is 938. The fraction of sp³-hybridized carbons (Fsp3) is 0.967. The Morgan fingerprint density at radius 1 is 0.304 bits per heavy atom. The van der Waals surface area contributed by atoms with Gasteiger partial charge in [-0.15, -0.1) is 0 Å². The molecule has 0 bridgehead atoms. The summed E-state index contributed by atoms with van der Waals surface area (Å²) < 4.78 is 31.0. The highest BCUT2D eigenvalue weighted by Crippen LogP contribution is 2.19. The van der Waals surface area contributed by atoms with E-state index >= 15 is 8.78 Å². The first-order chi connectivity index (χ1) is 33.9. The zero-order valence-electron chi connectivity index (χ0n) is 47.0. The lowest BCUT2D eigenvalue weighted by atomic mass is 10.1. The predicted molar refractivity (Wildman–Crippen MR) is 297 cm³/mol. The van der Waals surface area contributed by atoms with Crippen LogP contribution in [0.15, 0.2) is 0 Å². The third kappa shape index (κ3) is 45.1. The van der Waals surface area contributed by atoms with E-state index in [2.05, 4.69) is 32.6 Å². The summed E-state index contributed by atoms with van der Waals surface area (Å²) in [5, 5.41) is 9.33. The van der Waals surface area contributed by atoms with E-state index in [0.29, 0.717) is 39.0 Å². The molecule has 0 rings (SSSR count). The molecule has 0 spiro atoms. The second-order valence-electron chi connectivity index (χ2n) is 21.5. The van der Waals surface area contributed by atoms with Crippen molar-refractivity contribution < 1.29 is 23.5 Å². The number of nitrogens with zero attached hydrogens (tertiary/aromatic N) is 3. The Morgan fingerprint density at radius 2 is 0.507 bits per heavy atom. The smallest absolute Gasteiger partial charge is 0.257 e. The highest BCUT2D eigenvalue weighted by atomic mass is 19.1. The van der Waals surface area contributed by atoms with Crippen LogP contribution in [-0.4, -0.2) is 96.4 Å². The number of halogens is 2. The van der Waals surface area contributed by atoms with Crippen LogP contribution in [0.3, 0.4) is 0 Å². The number of hydrogen-bond donors (Lipinski definition) is 1. The van der Waals surface area contributed by atoms with Crippen LogP contribution in [0.4, 0.5) is 8.78 Å². The Morgan fingerprint density at radius 3 is 0.754 bits per heavy atom. The topological polar surface area (TPSA) is 64.1 Å². The van der Waals surface area contributed by atoms with Crippen LogP contribution < -0.4 is 0 Å². The minimum atomic E-state index is -1.39. The normalized spacial score (nSPS) is 12.6. The van der Waals surface area contributed by atoms with Gasteiger partial charge in [-0.3, -0.25) is 9.59 Å². The molecule has 2 atom stereocenters. The molecular weight excluding hydrogens is 861 g/mol. The van der Waals surface area contributed by atoms with Crippen molar-refractivity contribution in [3.05, 3.63) is 0 Å². The van der Waals surface area contributed by atoms with Gasteiger partial charge in [-0.25, -0.2) is 8.78 Å². The van der Waals surface area contributed by atoms with Gasteiger partial charge in [-0.1, -0.05) is 246 Å². The predicted octanol–water partition coefficient (Wildman–Crippen LogP) is 18.2. The fourth-order valence-corrected chi connectivity index (χ4v) is 10.0. The molecular formula is C61H121F2N3O3. The molecule has 0 aromatic carbocycles. The maximum atomic E-state index is 15.5. The lowest BCUT2D eigenvalue weighted by Crippen LogP contribution is -2.38. The Kier molecular flexibility index (Phi) is 53.5. The summed E-state index contributed by atoms with van der Waals surface area (Å²) in [4.78, 5) is 33.1. The van der Waals surface area contributed by atoms with Crippen molar-refractivity contribution in [1.29, 1.82) is 0 Å². The van der Waals surface area contributed by atoms with Gasteiger partial charge in [0.25, 0.3) is 11.8 Å². The van der Waals surface area contributed by atoms with Gasteiger partial charge >= 0.3 is 0 Å². The Balaban J connectivity index is 4.80. The highest BCUT2D eigenvalue weighted by molar-refractivity contribution is 5.81. The van der Waals surface area contributed by atoms with E-state index in [0.717, 1.165) is 142 Å². The van der Waals surface area contributed by atoms with Crippen molar-refractivity contribution in [2.45, 2.75) is 329 Å². The molecule has 2 unspecified atom stereocenters. The summed E-state index contributed by atoms with van der Waals surface area (Å²) in [6.45, 7) is 15.1. The summed E-state index contributed by atoms with van der Waals surface area (Å²) in [6.07, 6.45) is 47.6. The maximum Gasteiger partial charge on any atom is 0.257 e. The van der Waals surface area contributed by atoms with E-state index in [4.69, 9.17) is 0 Å². The molecule has 0 saturated carbocycles. The summed E-state index contributed by atoms with van der Waals surface area (Å²) in [6, 6.07) is 0. The summed E-state index contributed by atoms with van der Waals surface area (Å²) >= 11 is 0. The molecule has 412 valence electrons. The molecule has 1 N–H and O–H groups in total. The van der Waals surface area contributed by atoms with Crippen molar-refractivity contribution in [3.8, 4) is 0 Å². The minimum Gasteiger partial charge on any atom is -0.396 e. The van der Waals surface area contributed by atoms with Crippen molar-refractivity contribution in [2.24, 2.45) is 0 Å². The van der Waals surface area contributed by atoms with Gasteiger partial charge in [0.15, 0.2) is 12.3 Å². The number of rotatable bonds is 57. The fourth-order valence-electron chi connectivity index (χ4n) is 10.0. The molecule has 0 fully saturated rings. The number of aliphatic hydroxyl groups excluding tert-OH is 1. The van der Waals surface area contributed by atoms with E-state index in [9.17, 15) is 14.7 Å². The van der Waals surface area contributed by atoms with Crippen LogP contribution in [0, 0.1) is 0 Å². The quantitative estimate of drug-likeness (QED) is 0.0617. The number of carbonyl (C=O) groups is 2. The first-order valence-electron chi connectivity index (χ1n) is 31.0. The van der Waals surface area contributed by atoms with Crippen LogP contribution in [0.25, 0.3) is 0 Å². The van der Waals surface area contributed by atoms with Crippen molar-refractivity contribution in [3.63, 3.8) is 0 Å². The van der Waals surface area contributed by atoms with Crippen molar-refractivity contribution in [1.82, 2.24) is 14.7 Å². The van der Waals surface area contributed by atoms with Gasteiger partial charge in [-0.05, 0) is 90.3 Å². The van der Waals surface area contributed by atoms with Gasteiger partial charge < -0.3 is 19.8 Å². The lowest BCUT2D eigenvalue weighted by molar-refractivity contribution is -0.137. The minimum absolute atomic E-state index is 0.239. The zero-order valence-corrected chi connectivity index (χ0v) is 47.0. The van der Waals surface area contributed by atoms with E-state index in [-0.39, 0.29) is 18.4 Å². The second-order valence-corrected chi connectivity index (χ2v) is 21.5. The average Bonchev–Trinajstić information content (AvgIpc) is 3.35. The van der Waals surface area contributed by atoms with Crippen molar-refractivity contribution in [2.75, 3.05) is 52.4 Å². The molecule has 0 aliphatic carbocycles. The Hall–Kier alpha value is -1.28. The van der Waals surface area contributed by atoms with Gasteiger partial charge in [0.05, 0.1) is 0 Å². The summed E-state index contributed by atoms with van der Waals surface area (Å²) in [5.74, 6) is -0.539. The molecule has 0 radical (unpaired) electrons. The Labute approximate surface area is 429 Å². The molecule has 8 heteroatoms. The van der Waals surface area contributed by atoms with Gasteiger partial charge in [0.1, 0.15) is 0 Å². The van der Waals surface area contributed by atoms with E-state index < -0.39 is 12.3 Å². The van der Waals surface area contributed by atoms with Gasteiger partial charge in [0, 0.05) is 32.8 Å². The van der Waals surface area contributed by atoms with Crippen LogP contribution >= 0.6 is 0 Å². The zero-order chi connectivity index (χ0) is 50.5. The van der Waals surface area contributed by atoms with Crippen LogP contribution in [0.5, 0.6) is 0 Å².